The van der Waals surface area contributed by atoms with Crippen LogP contribution >= 0.6 is 0 Å². The van der Waals surface area contributed by atoms with Gasteiger partial charge in [0, 0.05) is 0 Å². The van der Waals surface area contributed by atoms with E-state index in [0.29, 0.717) is 0 Å². The number of aliphatic hydroxyl groups excluding tert-OH is 1. The average molecular weight is 195 g/mol. The number of nitrogens with zero attached hydrogens (tertiary/aromatic N) is 1. The number of rotatable bonds is 2. The van der Waals surface area contributed by atoms with Gasteiger partial charge in [0.05, 0.1) is 17.6 Å². The first-order chi connectivity index (χ1) is 6.42. The van der Waals surface area contributed by atoms with Gasteiger partial charge in [-0.3, -0.25) is 0 Å². The van der Waals surface area contributed by atoms with Gasteiger partial charge in [-0.25, -0.2) is 0 Å². The Kier molecular flexibility index (Phi) is 3.21. The van der Waals surface area contributed by atoms with Crippen molar-refractivity contribution in [2.24, 2.45) is 10.8 Å². The van der Waals surface area contributed by atoms with Crippen molar-refractivity contribution in [3.8, 4) is 6.07 Å². The standard InChI is InChI=1S/C12H21NO/c1-11(2,9-13)10(14)12(3)7-5-4-6-8-12/h10,14H,4-8H2,1-3H3. The molecule has 0 aromatic heterocycles. The smallest absolute Gasteiger partial charge is 0.0781 e. The van der Waals surface area contributed by atoms with E-state index in [0.717, 1.165) is 12.8 Å². The van der Waals surface area contributed by atoms with E-state index in [1.807, 2.05) is 13.8 Å². The lowest BCUT2D eigenvalue weighted by atomic mass is 9.65. The third-order valence-electron chi connectivity index (χ3n) is 3.63. The minimum Gasteiger partial charge on any atom is -0.391 e. The van der Waals surface area contributed by atoms with Crippen LogP contribution in [0.2, 0.25) is 0 Å². The fourth-order valence-electron chi connectivity index (χ4n) is 2.57. The summed E-state index contributed by atoms with van der Waals surface area (Å²) in [6.07, 6.45) is 5.26. The van der Waals surface area contributed by atoms with Crippen molar-refractivity contribution < 1.29 is 5.11 Å². The van der Waals surface area contributed by atoms with Crippen LogP contribution in [0.4, 0.5) is 0 Å². The van der Waals surface area contributed by atoms with E-state index in [-0.39, 0.29) is 5.41 Å². The molecule has 14 heavy (non-hydrogen) atoms. The molecule has 2 heteroatoms. The molecule has 2 nitrogen and oxygen atoms in total. The van der Waals surface area contributed by atoms with E-state index < -0.39 is 11.5 Å². The van der Waals surface area contributed by atoms with Crippen molar-refractivity contribution >= 4 is 0 Å². The molecular weight excluding hydrogens is 174 g/mol. The van der Waals surface area contributed by atoms with Gasteiger partial charge in [0.1, 0.15) is 0 Å². The van der Waals surface area contributed by atoms with Gasteiger partial charge < -0.3 is 5.11 Å². The lowest BCUT2D eigenvalue weighted by molar-refractivity contribution is -0.0451. The second kappa shape index (κ2) is 3.90. The molecule has 0 radical (unpaired) electrons. The summed E-state index contributed by atoms with van der Waals surface area (Å²) >= 11 is 0. The second-order valence-electron chi connectivity index (χ2n) is 5.45. The Bertz CT molecular complexity index is 233. The van der Waals surface area contributed by atoms with Gasteiger partial charge in [-0.15, -0.1) is 0 Å². The van der Waals surface area contributed by atoms with Crippen molar-refractivity contribution in [3.63, 3.8) is 0 Å². The summed E-state index contributed by atoms with van der Waals surface area (Å²) in [5, 5.41) is 19.2. The second-order valence-corrected chi connectivity index (χ2v) is 5.45. The summed E-state index contributed by atoms with van der Waals surface area (Å²) in [7, 11) is 0. The lowest BCUT2D eigenvalue weighted by Gasteiger charge is -2.42. The molecule has 1 unspecified atom stereocenters. The van der Waals surface area contributed by atoms with Gasteiger partial charge in [-0.1, -0.05) is 26.2 Å². The lowest BCUT2D eigenvalue weighted by Crippen LogP contribution is -2.43. The highest BCUT2D eigenvalue weighted by Crippen LogP contribution is 2.44. The zero-order chi connectivity index (χ0) is 10.8. The third-order valence-corrected chi connectivity index (χ3v) is 3.63. The van der Waals surface area contributed by atoms with E-state index in [1.54, 1.807) is 0 Å². The molecule has 0 amide bonds. The van der Waals surface area contributed by atoms with Crippen molar-refractivity contribution in [1.29, 1.82) is 5.26 Å². The summed E-state index contributed by atoms with van der Waals surface area (Å²) in [6.45, 7) is 5.78. The summed E-state index contributed by atoms with van der Waals surface area (Å²) in [4.78, 5) is 0. The highest BCUT2D eigenvalue weighted by molar-refractivity contribution is 5.03. The number of hydrogen-bond donors (Lipinski definition) is 1. The van der Waals surface area contributed by atoms with Crippen LogP contribution in [-0.2, 0) is 0 Å². The van der Waals surface area contributed by atoms with Crippen molar-refractivity contribution in [3.05, 3.63) is 0 Å². The first-order valence-corrected chi connectivity index (χ1v) is 5.52. The fraction of sp³-hybridized carbons (Fsp3) is 0.917. The molecule has 1 rings (SSSR count). The SMILES string of the molecule is CC(C)(C#N)C(O)C1(C)CCCCC1. The maximum absolute atomic E-state index is 10.2. The number of nitriles is 1. The molecule has 1 atom stereocenters. The molecule has 1 aliphatic rings. The molecule has 0 heterocycles. The van der Waals surface area contributed by atoms with Crippen LogP contribution in [0.1, 0.15) is 52.9 Å². The highest BCUT2D eigenvalue weighted by Gasteiger charge is 2.43. The monoisotopic (exact) mass is 195 g/mol. The minimum absolute atomic E-state index is 0.0442. The zero-order valence-electron chi connectivity index (χ0n) is 9.51. The van der Waals surface area contributed by atoms with Crippen LogP contribution in [0.15, 0.2) is 0 Å². The molecule has 0 bridgehead atoms. The van der Waals surface area contributed by atoms with Crippen LogP contribution in [0.25, 0.3) is 0 Å². The van der Waals surface area contributed by atoms with E-state index in [9.17, 15) is 5.11 Å². The summed E-state index contributed by atoms with van der Waals surface area (Å²) < 4.78 is 0. The third kappa shape index (κ3) is 2.09. The molecule has 1 N–H and O–H groups in total. The summed E-state index contributed by atoms with van der Waals surface area (Å²) in [6, 6.07) is 2.21. The van der Waals surface area contributed by atoms with E-state index in [1.165, 1.54) is 19.3 Å². The zero-order valence-corrected chi connectivity index (χ0v) is 9.51. The maximum atomic E-state index is 10.2. The predicted octanol–water partition coefficient (Wildman–Crippen LogP) is 2.87. The van der Waals surface area contributed by atoms with Gasteiger partial charge >= 0.3 is 0 Å². The van der Waals surface area contributed by atoms with Gasteiger partial charge in [0.15, 0.2) is 0 Å². The Labute approximate surface area is 86.9 Å². The Morgan fingerprint density at radius 2 is 1.79 bits per heavy atom. The molecule has 1 saturated carbocycles. The Morgan fingerprint density at radius 1 is 1.29 bits per heavy atom. The molecule has 0 aromatic carbocycles. The minimum atomic E-state index is -0.619. The van der Waals surface area contributed by atoms with E-state index in [4.69, 9.17) is 5.26 Å². The molecular formula is C12H21NO. The van der Waals surface area contributed by atoms with Crippen LogP contribution in [0.3, 0.4) is 0 Å². The molecule has 0 aromatic rings. The molecule has 0 spiro atoms. The molecule has 1 aliphatic carbocycles. The van der Waals surface area contributed by atoms with Crippen molar-refractivity contribution in [2.45, 2.75) is 59.0 Å². The van der Waals surface area contributed by atoms with Crippen molar-refractivity contribution in [1.82, 2.24) is 0 Å². The summed E-state index contributed by atoms with van der Waals surface area (Å²) in [5.41, 5.74) is -0.663. The topological polar surface area (TPSA) is 44.0 Å². The Balaban J connectivity index is 2.76. The van der Waals surface area contributed by atoms with Crippen LogP contribution in [0.5, 0.6) is 0 Å². The fourth-order valence-corrected chi connectivity index (χ4v) is 2.57. The normalized spacial score (nSPS) is 23.9. The molecule has 1 fully saturated rings. The first kappa shape index (κ1) is 11.5. The largest absolute Gasteiger partial charge is 0.391 e. The van der Waals surface area contributed by atoms with Gasteiger partial charge in [-0.05, 0) is 32.1 Å². The molecule has 0 saturated heterocycles. The first-order valence-electron chi connectivity index (χ1n) is 5.52. The van der Waals surface area contributed by atoms with Gasteiger partial charge in [0.25, 0.3) is 0 Å². The molecule has 0 aliphatic heterocycles. The number of aliphatic hydroxyl groups is 1. The Morgan fingerprint density at radius 3 is 2.21 bits per heavy atom. The average Bonchev–Trinajstić information content (AvgIpc) is 2.18. The molecule has 80 valence electrons. The van der Waals surface area contributed by atoms with Crippen LogP contribution < -0.4 is 0 Å². The number of hydrogen-bond acceptors (Lipinski definition) is 2. The van der Waals surface area contributed by atoms with Gasteiger partial charge in [-0.2, -0.15) is 5.26 Å². The highest BCUT2D eigenvalue weighted by atomic mass is 16.3. The van der Waals surface area contributed by atoms with E-state index >= 15 is 0 Å². The van der Waals surface area contributed by atoms with Crippen LogP contribution in [-0.4, -0.2) is 11.2 Å². The van der Waals surface area contributed by atoms with E-state index in [2.05, 4.69) is 13.0 Å². The maximum Gasteiger partial charge on any atom is 0.0781 e. The van der Waals surface area contributed by atoms with Crippen molar-refractivity contribution in [2.75, 3.05) is 0 Å². The Hall–Kier alpha value is -0.550. The quantitative estimate of drug-likeness (QED) is 0.736. The van der Waals surface area contributed by atoms with Crippen LogP contribution in [0, 0.1) is 22.2 Å². The summed E-state index contributed by atoms with van der Waals surface area (Å²) in [5.74, 6) is 0. The van der Waals surface area contributed by atoms with Gasteiger partial charge in [0.2, 0.25) is 0 Å². The predicted molar refractivity (Wildman–Crippen MR) is 56.6 cm³/mol.